The van der Waals surface area contributed by atoms with Crippen LogP contribution in [0.25, 0.3) is 11.1 Å². The Morgan fingerprint density at radius 1 is 1.15 bits per heavy atom. The molecule has 0 radical (unpaired) electrons. The molecule has 1 aliphatic carbocycles. The zero-order chi connectivity index (χ0) is 18.9. The first-order valence-corrected chi connectivity index (χ1v) is 9.00. The minimum Gasteiger partial charge on any atom is -0.496 e. The van der Waals surface area contributed by atoms with Crippen molar-refractivity contribution in [1.82, 2.24) is 0 Å². The molecule has 0 amide bonds. The number of hydrogen-bond donors (Lipinski definition) is 1. The Hall–Kier alpha value is -2.49. The van der Waals surface area contributed by atoms with Crippen LogP contribution in [0.5, 0.6) is 11.5 Å². The fraction of sp³-hybridized carbons (Fsp3) is 0.409. The van der Waals surface area contributed by atoms with Crippen LogP contribution in [0, 0.1) is 0 Å². The molecule has 0 saturated heterocycles. The number of oxime groups is 1. The second-order valence-electron chi connectivity index (χ2n) is 7.64. The van der Waals surface area contributed by atoms with Gasteiger partial charge in [-0.1, -0.05) is 44.1 Å². The third-order valence-corrected chi connectivity index (χ3v) is 5.58. The van der Waals surface area contributed by atoms with Crippen molar-refractivity contribution < 1.29 is 14.7 Å². The summed E-state index contributed by atoms with van der Waals surface area (Å²) in [6.45, 7) is 6.92. The molecule has 1 N–H and O–H groups in total. The third kappa shape index (κ3) is 3.05. The summed E-state index contributed by atoms with van der Waals surface area (Å²) >= 11 is 0. The molecule has 4 heteroatoms. The van der Waals surface area contributed by atoms with Crippen LogP contribution in [0.3, 0.4) is 0 Å². The van der Waals surface area contributed by atoms with E-state index in [0.717, 1.165) is 16.9 Å². The first-order valence-electron chi connectivity index (χ1n) is 9.00. The lowest BCUT2D eigenvalue weighted by atomic mass is 9.68. The van der Waals surface area contributed by atoms with Gasteiger partial charge in [-0.3, -0.25) is 0 Å². The summed E-state index contributed by atoms with van der Waals surface area (Å²) in [5, 5.41) is 12.1. The second kappa shape index (κ2) is 7.02. The van der Waals surface area contributed by atoms with Gasteiger partial charge in [-0.05, 0) is 53.0 Å². The molecule has 26 heavy (non-hydrogen) atoms. The highest BCUT2D eigenvalue weighted by Crippen LogP contribution is 2.46. The number of benzene rings is 2. The molecule has 1 aliphatic rings. The average Bonchev–Trinajstić information content (AvgIpc) is 2.64. The van der Waals surface area contributed by atoms with Crippen molar-refractivity contribution >= 4 is 6.21 Å². The quantitative estimate of drug-likeness (QED) is 0.458. The van der Waals surface area contributed by atoms with Gasteiger partial charge in [-0.15, -0.1) is 0 Å². The Balaban J connectivity index is 2.26. The average molecular weight is 353 g/mol. The second-order valence-corrected chi connectivity index (χ2v) is 7.64. The minimum atomic E-state index is 0.141. The summed E-state index contributed by atoms with van der Waals surface area (Å²) in [6, 6.07) is 10.3. The molecule has 1 unspecified atom stereocenters. The number of hydrogen-bond acceptors (Lipinski definition) is 4. The molecule has 0 saturated carbocycles. The maximum absolute atomic E-state index is 8.97. The van der Waals surface area contributed by atoms with E-state index in [1.165, 1.54) is 30.2 Å². The van der Waals surface area contributed by atoms with Gasteiger partial charge in [0.2, 0.25) is 0 Å². The molecule has 0 bridgehead atoms. The smallest absolute Gasteiger partial charge is 0.139 e. The first-order chi connectivity index (χ1) is 12.4. The highest BCUT2D eigenvalue weighted by Gasteiger charge is 2.31. The Labute approximate surface area is 155 Å². The van der Waals surface area contributed by atoms with E-state index in [2.05, 4.69) is 44.1 Å². The lowest BCUT2D eigenvalue weighted by Crippen LogP contribution is -2.25. The largest absolute Gasteiger partial charge is 0.496 e. The van der Waals surface area contributed by atoms with Crippen LogP contribution < -0.4 is 9.47 Å². The Morgan fingerprint density at radius 2 is 1.92 bits per heavy atom. The molecule has 0 heterocycles. The fourth-order valence-corrected chi connectivity index (χ4v) is 4.00. The molecule has 138 valence electrons. The van der Waals surface area contributed by atoms with Crippen LogP contribution in [0.4, 0.5) is 0 Å². The number of fused-ring (bicyclic) bond motifs is 1. The van der Waals surface area contributed by atoms with Crippen molar-refractivity contribution in [3.05, 3.63) is 47.0 Å². The highest BCUT2D eigenvalue weighted by molar-refractivity contribution is 5.91. The van der Waals surface area contributed by atoms with Gasteiger partial charge in [0.25, 0.3) is 0 Å². The third-order valence-electron chi connectivity index (χ3n) is 5.58. The van der Waals surface area contributed by atoms with Crippen molar-refractivity contribution in [2.45, 2.75) is 44.9 Å². The zero-order valence-electron chi connectivity index (χ0n) is 16.2. The molecule has 2 aromatic carbocycles. The van der Waals surface area contributed by atoms with Crippen molar-refractivity contribution in [3.63, 3.8) is 0 Å². The molecule has 0 aliphatic heterocycles. The van der Waals surface area contributed by atoms with Gasteiger partial charge in [0.15, 0.2) is 0 Å². The predicted octanol–water partition coefficient (Wildman–Crippen LogP) is 5.35. The van der Waals surface area contributed by atoms with Crippen LogP contribution in [-0.2, 0) is 5.41 Å². The Kier molecular flexibility index (Phi) is 4.94. The molecule has 2 aromatic rings. The van der Waals surface area contributed by atoms with Gasteiger partial charge in [-0.2, -0.15) is 0 Å². The SMILES string of the molecule is COc1ccc(/C=N/O)c(OC)c1-c1ccc2c(c1)C(C)(C)CCC2C. The van der Waals surface area contributed by atoms with Gasteiger partial charge in [-0.25, -0.2) is 0 Å². The van der Waals surface area contributed by atoms with E-state index >= 15 is 0 Å². The fourth-order valence-electron chi connectivity index (χ4n) is 4.00. The Morgan fingerprint density at radius 3 is 2.58 bits per heavy atom. The molecule has 4 nitrogen and oxygen atoms in total. The molecular weight excluding hydrogens is 326 g/mol. The van der Waals surface area contributed by atoms with Crippen molar-refractivity contribution in [2.24, 2.45) is 5.16 Å². The lowest BCUT2D eigenvalue weighted by Gasteiger charge is -2.36. The van der Waals surface area contributed by atoms with Crippen LogP contribution in [0.1, 0.15) is 56.2 Å². The number of nitrogens with zero attached hydrogens (tertiary/aromatic N) is 1. The number of rotatable bonds is 4. The standard InChI is InChI=1S/C22H27NO3/c1-14-10-11-22(2,3)18-12-15(6-8-17(14)18)20-19(25-4)9-7-16(13-23-24)21(20)26-5/h6-9,12-14,24H,10-11H2,1-5H3/b23-13+. The Bertz CT molecular complexity index is 840. The van der Waals surface area contributed by atoms with Gasteiger partial charge in [0, 0.05) is 5.56 Å². The summed E-state index contributed by atoms with van der Waals surface area (Å²) in [7, 11) is 3.28. The molecular formula is C22H27NO3. The molecule has 3 rings (SSSR count). The van der Waals surface area contributed by atoms with Gasteiger partial charge in [0.05, 0.1) is 26.0 Å². The summed E-state index contributed by atoms with van der Waals surface area (Å²) in [5.74, 6) is 1.95. The molecule has 0 spiro atoms. The van der Waals surface area contributed by atoms with E-state index in [9.17, 15) is 0 Å². The first kappa shape index (κ1) is 18.3. The number of ether oxygens (including phenoxy) is 2. The van der Waals surface area contributed by atoms with Crippen LogP contribution >= 0.6 is 0 Å². The summed E-state index contributed by atoms with van der Waals surface area (Å²) < 4.78 is 11.3. The van der Waals surface area contributed by atoms with Crippen molar-refractivity contribution in [2.75, 3.05) is 14.2 Å². The zero-order valence-corrected chi connectivity index (χ0v) is 16.2. The van der Waals surface area contributed by atoms with Gasteiger partial charge in [0.1, 0.15) is 11.5 Å². The molecule has 1 atom stereocenters. The van der Waals surface area contributed by atoms with E-state index in [0.29, 0.717) is 17.2 Å². The number of methoxy groups -OCH3 is 2. The van der Waals surface area contributed by atoms with Crippen LogP contribution in [0.15, 0.2) is 35.5 Å². The van der Waals surface area contributed by atoms with Crippen molar-refractivity contribution in [3.8, 4) is 22.6 Å². The van der Waals surface area contributed by atoms with Crippen LogP contribution in [0.2, 0.25) is 0 Å². The minimum absolute atomic E-state index is 0.141. The topological polar surface area (TPSA) is 51.0 Å². The maximum Gasteiger partial charge on any atom is 0.139 e. The monoisotopic (exact) mass is 353 g/mol. The molecule has 0 fully saturated rings. The van der Waals surface area contributed by atoms with E-state index in [-0.39, 0.29) is 5.41 Å². The van der Waals surface area contributed by atoms with Gasteiger partial charge < -0.3 is 14.7 Å². The van der Waals surface area contributed by atoms with E-state index in [1.54, 1.807) is 14.2 Å². The lowest BCUT2D eigenvalue weighted by molar-refractivity contribution is 0.321. The van der Waals surface area contributed by atoms with Crippen LogP contribution in [-0.4, -0.2) is 25.6 Å². The van der Waals surface area contributed by atoms with E-state index < -0.39 is 0 Å². The van der Waals surface area contributed by atoms with Crippen molar-refractivity contribution in [1.29, 1.82) is 0 Å². The molecule has 0 aromatic heterocycles. The maximum atomic E-state index is 8.97. The summed E-state index contributed by atoms with van der Waals surface area (Å²) in [4.78, 5) is 0. The normalized spacial score (nSPS) is 18.6. The highest BCUT2D eigenvalue weighted by atomic mass is 16.5. The van der Waals surface area contributed by atoms with Gasteiger partial charge >= 0.3 is 0 Å². The summed E-state index contributed by atoms with van der Waals surface area (Å²) in [6.07, 6.45) is 3.77. The predicted molar refractivity (Wildman–Crippen MR) is 105 cm³/mol. The summed E-state index contributed by atoms with van der Waals surface area (Å²) in [5.41, 5.74) is 5.59. The van der Waals surface area contributed by atoms with E-state index in [4.69, 9.17) is 14.7 Å². The van der Waals surface area contributed by atoms with E-state index in [1.807, 2.05) is 12.1 Å².